The molecule has 0 saturated heterocycles. The fourth-order valence-corrected chi connectivity index (χ4v) is 4.28. The van der Waals surface area contributed by atoms with Gasteiger partial charge in [-0.3, -0.25) is 0 Å². The molecule has 0 radical (unpaired) electrons. The summed E-state index contributed by atoms with van der Waals surface area (Å²) in [6.45, 7) is 2.22. The lowest BCUT2D eigenvalue weighted by Crippen LogP contribution is -1.84. The van der Waals surface area contributed by atoms with Crippen LogP contribution in [0.3, 0.4) is 0 Å². The number of rotatable bonds is 4. The molecule has 2 rings (SSSR count). The molecule has 1 atom stereocenters. The molecule has 0 amide bonds. The molecular formula is C11H11NS3. The second-order valence-electron chi connectivity index (χ2n) is 3.03. The molecule has 0 aliphatic heterocycles. The number of nitrogens with zero attached hydrogens (tertiary/aromatic N) is 1. The van der Waals surface area contributed by atoms with Crippen molar-refractivity contribution >= 4 is 32.9 Å². The van der Waals surface area contributed by atoms with Gasteiger partial charge in [0.1, 0.15) is 0 Å². The molecule has 15 heavy (non-hydrogen) atoms. The average molecular weight is 253 g/mol. The quantitative estimate of drug-likeness (QED) is 0.736. The fourth-order valence-electron chi connectivity index (χ4n) is 1.14. The minimum atomic E-state index is 0.500. The van der Waals surface area contributed by atoms with Gasteiger partial charge in [0, 0.05) is 16.8 Å². The summed E-state index contributed by atoms with van der Waals surface area (Å²) >= 11 is 1.69. The first kappa shape index (κ1) is 11.0. The van der Waals surface area contributed by atoms with Gasteiger partial charge in [0.25, 0.3) is 0 Å². The summed E-state index contributed by atoms with van der Waals surface area (Å²) in [5, 5.41) is 2.51. The van der Waals surface area contributed by atoms with Crippen LogP contribution in [0.2, 0.25) is 0 Å². The van der Waals surface area contributed by atoms with E-state index in [9.17, 15) is 0 Å². The zero-order chi connectivity index (χ0) is 10.5. The van der Waals surface area contributed by atoms with E-state index < -0.39 is 0 Å². The third-order valence-electron chi connectivity index (χ3n) is 1.94. The Morgan fingerprint density at radius 3 is 2.73 bits per heavy atom. The highest BCUT2D eigenvalue weighted by Gasteiger charge is 2.07. The van der Waals surface area contributed by atoms with Gasteiger partial charge in [-0.2, -0.15) is 0 Å². The summed E-state index contributed by atoms with van der Waals surface area (Å²) in [7, 11) is 3.61. The first-order chi connectivity index (χ1) is 7.36. The van der Waals surface area contributed by atoms with Crippen molar-refractivity contribution in [2.45, 2.75) is 16.5 Å². The molecule has 1 nitrogen and oxygen atoms in total. The summed E-state index contributed by atoms with van der Waals surface area (Å²) in [6, 6.07) is 10.6. The van der Waals surface area contributed by atoms with Crippen molar-refractivity contribution in [1.82, 2.24) is 4.98 Å². The number of hydrogen-bond donors (Lipinski definition) is 0. The Morgan fingerprint density at radius 1 is 1.27 bits per heavy atom. The van der Waals surface area contributed by atoms with Crippen molar-refractivity contribution in [3.8, 4) is 0 Å². The second-order valence-corrected chi connectivity index (χ2v) is 6.71. The highest BCUT2D eigenvalue weighted by atomic mass is 33.1. The maximum absolute atomic E-state index is 4.24. The molecule has 0 fully saturated rings. The van der Waals surface area contributed by atoms with E-state index in [-0.39, 0.29) is 0 Å². The van der Waals surface area contributed by atoms with Crippen LogP contribution in [-0.2, 0) is 0 Å². The molecular weight excluding hydrogens is 242 g/mol. The Labute approximate surface area is 102 Å². The van der Waals surface area contributed by atoms with Crippen LogP contribution in [0.5, 0.6) is 0 Å². The molecule has 4 heteroatoms. The van der Waals surface area contributed by atoms with Gasteiger partial charge in [-0.25, -0.2) is 4.98 Å². The second kappa shape index (κ2) is 5.58. The first-order valence-electron chi connectivity index (χ1n) is 4.64. The van der Waals surface area contributed by atoms with Crippen LogP contribution in [-0.4, -0.2) is 4.98 Å². The molecule has 1 aromatic carbocycles. The van der Waals surface area contributed by atoms with E-state index in [2.05, 4.69) is 42.2 Å². The van der Waals surface area contributed by atoms with E-state index >= 15 is 0 Å². The van der Waals surface area contributed by atoms with Gasteiger partial charge >= 0.3 is 0 Å². The summed E-state index contributed by atoms with van der Waals surface area (Å²) in [5.41, 5.74) is 1.37. The lowest BCUT2D eigenvalue weighted by atomic mass is 10.2. The van der Waals surface area contributed by atoms with Crippen molar-refractivity contribution in [2.24, 2.45) is 0 Å². The maximum atomic E-state index is 4.24. The van der Waals surface area contributed by atoms with Crippen molar-refractivity contribution in [2.75, 3.05) is 0 Å². The molecule has 0 aliphatic rings. The van der Waals surface area contributed by atoms with Crippen molar-refractivity contribution in [3.63, 3.8) is 0 Å². The van der Waals surface area contributed by atoms with Crippen LogP contribution < -0.4 is 0 Å². The van der Waals surface area contributed by atoms with Gasteiger partial charge in [0.2, 0.25) is 0 Å². The predicted octanol–water partition coefficient (Wildman–Crippen LogP) is 4.64. The number of benzene rings is 1. The molecule has 0 saturated carbocycles. The molecule has 0 N–H and O–H groups in total. The molecule has 0 aliphatic carbocycles. The van der Waals surface area contributed by atoms with Crippen LogP contribution in [0.4, 0.5) is 0 Å². The molecule has 0 bridgehead atoms. The number of aromatic nitrogens is 1. The van der Waals surface area contributed by atoms with Crippen LogP contribution in [0.1, 0.15) is 17.7 Å². The highest BCUT2D eigenvalue weighted by molar-refractivity contribution is 8.77. The van der Waals surface area contributed by atoms with Gasteiger partial charge in [0.05, 0.1) is 0 Å². The van der Waals surface area contributed by atoms with E-state index in [0.29, 0.717) is 5.25 Å². The van der Waals surface area contributed by atoms with E-state index in [1.807, 2.05) is 22.4 Å². The number of thiazole rings is 1. The standard InChI is InChI=1S/C11H11NS3/c1-9(10-5-3-2-4-6-10)14-15-11-12-7-8-13-11/h2-9H,1H3. The minimum absolute atomic E-state index is 0.500. The third-order valence-corrected chi connectivity index (χ3v) is 5.90. The molecule has 1 heterocycles. The summed E-state index contributed by atoms with van der Waals surface area (Å²) in [5.74, 6) is 0. The smallest absolute Gasteiger partial charge is 0.160 e. The van der Waals surface area contributed by atoms with Crippen LogP contribution >= 0.6 is 32.9 Å². The monoisotopic (exact) mass is 253 g/mol. The average Bonchev–Trinajstić information content (AvgIpc) is 2.80. The van der Waals surface area contributed by atoms with E-state index in [0.717, 1.165) is 4.34 Å². The molecule has 2 aromatic rings. The Bertz CT molecular complexity index is 385. The van der Waals surface area contributed by atoms with Gasteiger partial charge in [0.15, 0.2) is 4.34 Å². The SMILES string of the molecule is CC(SSc1nccs1)c1ccccc1. The molecule has 1 aromatic heterocycles. The molecule has 0 spiro atoms. The minimum Gasteiger partial charge on any atom is -0.237 e. The van der Waals surface area contributed by atoms with E-state index in [1.165, 1.54) is 5.56 Å². The predicted molar refractivity (Wildman–Crippen MR) is 70.4 cm³/mol. The van der Waals surface area contributed by atoms with E-state index in [1.54, 1.807) is 22.1 Å². The normalized spacial score (nSPS) is 12.6. The topological polar surface area (TPSA) is 12.9 Å². The lowest BCUT2D eigenvalue weighted by molar-refractivity contribution is 1.11. The Morgan fingerprint density at radius 2 is 2.07 bits per heavy atom. The van der Waals surface area contributed by atoms with Crippen molar-refractivity contribution < 1.29 is 0 Å². The summed E-state index contributed by atoms with van der Waals surface area (Å²) < 4.78 is 1.13. The first-order valence-corrected chi connectivity index (χ1v) is 7.73. The Hall–Kier alpha value is -0.450. The molecule has 78 valence electrons. The van der Waals surface area contributed by atoms with Gasteiger partial charge in [-0.1, -0.05) is 41.1 Å². The van der Waals surface area contributed by atoms with Crippen molar-refractivity contribution in [3.05, 3.63) is 47.5 Å². The zero-order valence-electron chi connectivity index (χ0n) is 8.29. The largest absolute Gasteiger partial charge is 0.237 e. The summed E-state index contributed by atoms with van der Waals surface area (Å²) in [4.78, 5) is 4.24. The fraction of sp³-hybridized carbons (Fsp3) is 0.182. The van der Waals surface area contributed by atoms with Crippen LogP contribution in [0.15, 0.2) is 46.2 Å². The van der Waals surface area contributed by atoms with Crippen LogP contribution in [0.25, 0.3) is 0 Å². The van der Waals surface area contributed by atoms with Crippen LogP contribution in [0, 0.1) is 0 Å². The maximum Gasteiger partial charge on any atom is 0.160 e. The Balaban J connectivity index is 1.90. The highest BCUT2D eigenvalue weighted by Crippen LogP contribution is 2.42. The van der Waals surface area contributed by atoms with Crippen molar-refractivity contribution in [1.29, 1.82) is 0 Å². The molecule has 1 unspecified atom stereocenters. The lowest BCUT2D eigenvalue weighted by Gasteiger charge is -2.08. The third kappa shape index (κ3) is 3.26. The summed E-state index contributed by atoms with van der Waals surface area (Å²) in [6.07, 6.45) is 1.85. The zero-order valence-corrected chi connectivity index (χ0v) is 10.7. The van der Waals surface area contributed by atoms with E-state index in [4.69, 9.17) is 0 Å². The van der Waals surface area contributed by atoms with Gasteiger partial charge < -0.3 is 0 Å². The number of hydrogen-bond acceptors (Lipinski definition) is 4. The van der Waals surface area contributed by atoms with Gasteiger partial charge in [-0.05, 0) is 23.3 Å². The van der Waals surface area contributed by atoms with Gasteiger partial charge in [-0.15, -0.1) is 11.3 Å². The Kier molecular flexibility index (Phi) is 4.11.